The van der Waals surface area contributed by atoms with Crippen LogP contribution >= 0.6 is 0 Å². The molecule has 0 unspecified atom stereocenters. The van der Waals surface area contributed by atoms with Gasteiger partial charge in [-0.1, -0.05) is 32.0 Å². The highest BCUT2D eigenvalue weighted by Crippen LogP contribution is 2.14. The van der Waals surface area contributed by atoms with Crippen molar-refractivity contribution in [1.82, 2.24) is 10.2 Å². The number of hydrogen-bond donors (Lipinski definition) is 1. The molecule has 0 saturated carbocycles. The van der Waals surface area contributed by atoms with Gasteiger partial charge in [0, 0.05) is 19.5 Å². The van der Waals surface area contributed by atoms with Crippen molar-refractivity contribution in [3.63, 3.8) is 0 Å². The maximum Gasteiger partial charge on any atom is 0.245 e. The Morgan fingerprint density at radius 1 is 1.12 bits per heavy atom. The number of amides is 2. The second kappa shape index (κ2) is 10.8. The number of ether oxygens (including phenoxy) is 1. The largest absolute Gasteiger partial charge is 0.494 e. The molecule has 2 rings (SSSR count). The number of benzene rings is 1. The van der Waals surface area contributed by atoms with Crippen LogP contribution in [0, 0.1) is 5.92 Å². The molecule has 1 aliphatic rings. The van der Waals surface area contributed by atoms with Gasteiger partial charge in [0.1, 0.15) is 11.8 Å². The molecule has 1 N–H and O–H groups in total. The molecule has 0 aliphatic carbocycles. The highest BCUT2D eigenvalue weighted by molar-refractivity contribution is 5.87. The molecule has 1 saturated heterocycles. The van der Waals surface area contributed by atoms with E-state index in [1.807, 2.05) is 35.2 Å². The van der Waals surface area contributed by atoms with E-state index in [4.69, 9.17) is 4.74 Å². The molecule has 1 heterocycles. The summed E-state index contributed by atoms with van der Waals surface area (Å²) in [5.41, 5.74) is 0. The third kappa shape index (κ3) is 7.06. The van der Waals surface area contributed by atoms with E-state index < -0.39 is 6.04 Å². The molecule has 1 aromatic carbocycles. The highest BCUT2D eigenvalue weighted by atomic mass is 16.5. The third-order valence-electron chi connectivity index (χ3n) is 4.57. The molecule has 1 fully saturated rings. The molecule has 2 amide bonds. The zero-order chi connectivity index (χ0) is 18.8. The monoisotopic (exact) mass is 360 g/mol. The number of piperidine rings is 1. The van der Waals surface area contributed by atoms with E-state index >= 15 is 0 Å². The Morgan fingerprint density at radius 2 is 1.81 bits per heavy atom. The van der Waals surface area contributed by atoms with Crippen LogP contribution < -0.4 is 10.1 Å². The van der Waals surface area contributed by atoms with Crippen molar-refractivity contribution in [2.45, 2.75) is 58.4 Å². The van der Waals surface area contributed by atoms with Gasteiger partial charge in [0.2, 0.25) is 11.8 Å². The van der Waals surface area contributed by atoms with Gasteiger partial charge in [-0.3, -0.25) is 9.59 Å². The van der Waals surface area contributed by atoms with Crippen molar-refractivity contribution in [3.05, 3.63) is 30.3 Å². The van der Waals surface area contributed by atoms with E-state index in [-0.39, 0.29) is 11.8 Å². The van der Waals surface area contributed by atoms with Gasteiger partial charge in [-0.25, -0.2) is 0 Å². The standard InChI is InChI=1S/C21H32N2O3/c1-17(2)16-19(21(25)23-13-7-4-8-14-23)22-20(24)12-9-15-26-18-10-5-3-6-11-18/h3,5-6,10-11,17,19H,4,7-9,12-16H2,1-2H3,(H,22,24)/t19-/m0/s1. The first-order valence-electron chi connectivity index (χ1n) is 9.82. The second-order valence-electron chi connectivity index (χ2n) is 7.40. The lowest BCUT2D eigenvalue weighted by Crippen LogP contribution is -2.50. The van der Waals surface area contributed by atoms with E-state index in [2.05, 4.69) is 19.2 Å². The van der Waals surface area contributed by atoms with Gasteiger partial charge in [-0.15, -0.1) is 0 Å². The van der Waals surface area contributed by atoms with Crippen molar-refractivity contribution in [2.75, 3.05) is 19.7 Å². The lowest BCUT2D eigenvalue weighted by Gasteiger charge is -2.31. The Hall–Kier alpha value is -2.04. The first-order chi connectivity index (χ1) is 12.6. The van der Waals surface area contributed by atoms with E-state index in [1.165, 1.54) is 6.42 Å². The Labute approximate surface area is 157 Å². The van der Waals surface area contributed by atoms with E-state index in [0.717, 1.165) is 31.7 Å². The number of likely N-dealkylation sites (tertiary alicyclic amines) is 1. The number of carbonyl (C=O) groups excluding carboxylic acids is 2. The average Bonchev–Trinajstić information content (AvgIpc) is 2.65. The molecular weight excluding hydrogens is 328 g/mol. The van der Waals surface area contributed by atoms with E-state index in [1.54, 1.807) is 0 Å². The molecule has 5 heteroatoms. The Morgan fingerprint density at radius 3 is 2.46 bits per heavy atom. The minimum Gasteiger partial charge on any atom is -0.494 e. The number of nitrogens with zero attached hydrogens (tertiary/aromatic N) is 1. The number of para-hydroxylation sites is 1. The zero-order valence-electron chi connectivity index (χ0n) is 16.1. The number of nitrogens with one attached hydrogen (secondary N) is 1. The van der Waals surface area contributed by atoms with Crippen molar-refractivity contribution in [2.24, 2.45) is 5.92 Å². The Kier molecular flexibility index (Phi) is 8.45. The van der Waals surface area contributed by atoms with Crippen molar-refractivity contribution in [1.29, 1.82) is 0 Å². The van der Waals surface area contributed by atoms with Crippen LogP contribution in [-0.4, -0.2) is 42.5 Å². The third-order valence-corrected chi connectivity index (χ3v) is 4.57. The summed E-state index contributed by atoms with van der Waals surface area (Å²) in [4.78, 5) is 27.0. The summed E-state index contributed by atoms with van der Waals surface area (Å²) >= 11 is 0. The SMILES string of the molecule is CC(C)C[C@H](NC(=O)CCCOc1ccccc1)C(=O)N1CCCCC1. The van der Waals surface area contributed by atoms with Crippen LogP contribution in [0.4, 0.5) is 0 Å². The fourth-order valence-electron chi connectivity index (χ4n) is 3.23. The molecule has 0 spiro atoms. The van der Waals surface area contributed by atoms with E-state index in [0.29, 0.717) is 31.8 Å². The predicted molar refractivity (Wildman–Crippen MR) is 103 cm³/mol. The van der Waals surface area contributed by atoms with Crippen molar-refractivity contribution < 1.29 is 14.3 Å². The minimum atomic E-state index is -0.407. The lowest BCUT2D eigenvalue weighted by molar-refractivity contribution is -0.137. The minimum absolute atomic E-state index is 0.0716. The van der Waals surface area contributed by atoms with Crippen molar-refractivity contribution in [3.8, 4) is 5.75 Å². The number of hydrogen-bond acceptors (Lipinski definition) is 3. The zero-order valence-corrected chi connectivity index (χ0v) is 16.1. The fourth-order valence-corrected chi connectivity index (χ4v) is 3.23. The molecule has 1 aliphatic heterocycles. The smallest absolute Gasteiger partial charge is 0.245 e. The molecule has 0 radical (unpaired) electrons. The molecule has 1 atom stereocenters. The summed E-state index contributed by atoms with van der Waals surface area (Å²) < 4.78 is 5.61. The Bertz CT molecular complexity index is 554. The molecule has 144 valence electrons. The maximum absolute atomic E-state index is 12.8. The van der Waals surface area contributed by atoms with Gasteiger partial charge >= 0.3 is 0 Å². The molecular formula is C21H32N2O3. The van der Waals surface area contributed by atoms with Gasteiger partial charge in [0.15, 0.2) is 0 Å². The molecule has 1 aromatic rings. The summed E-state index contributed by atoms with van der Waals surface area (Å²) in [6, 6.07) is 9.17. The predicted octanol–water partition coefficient (Wildman–Crippen LogP) is 3.39. The normalized spacial score (nSPS) is 15.6. The van der Waals surface area contributed by atoms with Crippen LogP contribution in [0.1, 0.15) is 52.4 Å². The van der Waals surface area contributed by atoms with Gasteiger partial charge in [0.05, 0.1) is 6.61 Å². The fraction of sp³-hybridized carbons (Fsp3) is 0.619. The van der Waals surface area contributed by atoms with Crippen LogP contribution in [0.25, 0.3) is 0 Å². The first kappa shape index (κ1) is 20.3. The quantitative estimate of drug-likeness (QED) is 0.687. The van der Waals surface area contributed by atoms with Crippen LogP contribution in [0.5, 0.6) is 5.75 Å². The Balaban J connectivity index is 1.76. The van der Waals surface area contributed by atoms with Crippen LogP contribution in [0.3, 0.4) is 0 Å². The van der Waals surface area contributed by atoms with Crippen LogP contribution in [-0.2, 0) is 9.59 Å². The molecule has 0 aromatic heterocycles. The van der Waals surface area contributed by atoms with Crippen molar-refractivity contribution >= 4 is 11.8 Å². The molecule has 5 nitrogen and oxygen atoms in total. The number of carbonyl (C=O) groups is 2. The molecule has 26 heavy (non-hydrogen) atoms. The van der Waals surface area contributed by atoms with Crippen LogP contribution in [0.2, 0.25) is 0 Å². The number of rotatable bonds is 9. The van der Waals surface area contributed by atoms with Gasteiger partial charge in [-0.05, 0) is 50.2 Å². The molecule has 0 bridgehead atoms. The summed E-state index contributed by atoms with van der Waals surface area (Å²) in [6.45, 7) is 6.28. The van der Waals surface area contributed by atoms with Gasteiger partial charge in [-0.2, -0.15) is 0 Å². The first-order valence-corrected chi connectivity index (χ1v) is 9.82. The maximum atomic E-state index is 12.8. The van der Waals surface area contributed by atoms with E-state index in [9.17, 15) is 9.59 Å². The summed E-state index contributed by atoms with van der Waals surface area (Å²) in [5, 5.41) is 2.96. The lowest BCUT2D eigenvalue weighted by atomic mass is 10.0. The highest BCUT2D eigenvalue weighted by Gasteiger charge is 2.27. The second-order valence-corrected chi connectivity index (χ2v) is 7.40. The van der Waals surface area contributed by atoms with Crippen LogP contribution in [0.15, 0.2) is 30.3 Å². The topological polar surface area (TPSA) is 58.6 Å². The van der Waals surface area contributed by atoms with Gasteiger partial charge in [0.25, 0.3) is 0 Å². The summed E-state index contributed by atoms with van der Waals surface area (Å²) in [5.74, 6) is 1.17. The summed E-state index contributed by atoms with van der Waals surface area (Å²) in [7, 11) is 0. The summed E-state index contributed by atoms with van der Waals surface area (Å²) in [6.07, 6.45) is 4.99. The van der Waals surface area contributed by atoms with Gasteiger partial charge < -0.3 is 15.0 Å². The average molecular weight is 360 g/mol.